The number of carboxylic acid groups (broad SMARTS) is 1. The number of nitrogens with one attached hydrogen (secondary N) is 1. The molecule has 1 aliphatic heterocycles. The Balaban J connectivity index is 1.89. The molecule has 0 aromatic heterocycles. The Morgan fingerprint density at radius 2 is 2.17 bits per heavy atom. The molecular formula is C14H20N2O2. The average Bonchev–Trinajstić information content (AvgIpc) is 2.90. The number of likely N-dealkylation sites (tertiary alicyclic amines) is 1. The molecule has 98 valence electrons. The van der Waals surface area contributed by atoms with Gasteiger partial charge in [-0.15, -0.1) is 0 Å². The van der Waals surface area contributed by atoms with Gasteiger partial charge in [0.15, 0.2) is 0 Å². The van der Waals surface area contributed by atoms with E-state index in [0.717, 1.165) is 12.2 Å². The van der Waals surface area contributed by atoms with E-state index in [1.165, 1.54) is 25.9 Å². The third-order valence-corrected chi connectivity index (χ3v) is 3.48. The van der Waals surface area contributed by atoms with Crippen molar-refractivity contribution < 1.29 is 9.90 Å². The molecule has 4 heteroatoms. The van der Waals surface area contributed by atoms with Gasteiger partial charge in [-0.25, -0.2) is 4.79 Å². The molecule has 18 heavy (non-hydrogen) atoms. The van der Waals surface area contributed by atoms with Gasteiger partial charge in [-0.3, -0.25) is 4.90 Å². The van der Waals surface area contributed by atoms with Crippen LogP contribution in [0.3, 0.4) is 0 Å². The lowest BCUT2D eigenvalue weighted by molar-refractivity contribution is 0.0697. The molecule has 0 aliphatic carbocycles. The standard InChI is InChI=1S/C14H20N2O2/c1-11(16-7-2-3-8-16)10-15-13-6-4-5-12(9-13)14(17)18/h4-6,9,11,15H,2-3,7-8,10H2,1H3,(H,17,18). The van der Waals surface area contributed by atoms with Gasteiger partial charge in [0.25, 0.3) is 0 Å². The molecule has 1 unspecified atom stereocenters. The molecule has 2 rings (SSSR count). The largest absolute Gasteiger partial charge is 0.478 e. The number of benzene rings is 1. The summed E-state index contributed by atoms with van der Waals surface area (Å²) in [7, 11) is 0. The van der Waals surface area contributed by atoms with Gasteiger partial charge >= 0.3 is 5.97 Å². The molecule has 0 bridgehead atoms. The molecule has 4 nitrogen and oxygen atoms in total. The molecule has 1 aromatic rings. The molecule has 1 atom stereocenters. The van der Waals surface area contributed by atoms with E-state index in [2.05, 4.69) is 17.1 Å². The maximum Gasteiger partial charge on any atom is 0.335 e. The van der Waals surface area contributed by atoms with Crippen LogP contribution in [0, 0.1) is 0 Å². The highest BCUT2D eigenvalue weighted by molar-refractivity contribution is 5.88. The van der Waals surface area contributed by atoms with Gasteiger partial charge in [0, 0.05) is 18.3 Å². The first-order valence-corrected chi connectivity index (χ1v) is 6.48. The van der Waals surface area contributed by atoms with Crippen molar-refractivity contribution in [2.45, 2.75) is 25.8 Å². The van der Waals surface area contributed by atoms with Crippen LogP contribution >= 0.6 is 0 Å². The molecule has 1 fully saturated rings. The number of rotatable bonds is 5. The van der Waals surface area contributed by atoms with Gasteiger partial charge in [0.05, 0.1) is 5.56 Å². The van der Waals surface area contributed by atoms with Crippen LogP contribution in [0.2, 0.25) is 0 Å². The second-order valence-corrected chi connectivity index (χ2v) is 4.86. The van der Waals surface area contributed by atoms with Crippen molar-refractivity contribution in [3.63, 3.8) is 0 Å². The van der Waals surface area contributed by atoms with Crippen molar-refractivity contribution >= 4 is 11.7 Å². The van der Waals surface area contributed by atoms with Gasteiger partial charge in [0.2, 0.25) is 0 Å². The van der Waals surface area contributed by atoms with Crippen molar-refractivity contribution in [3.05, 3.63) is 29.8 Å². The normalized spacial score (nSPS) is 17.6. The summed E-state index contributed by atoms with van der Waals surface area (Å²) in [6.07, 6.45) is 2.58. The summed E-state index contributed by atoms with van der Waals surface area (Å²) in [5.41, 5.74) is 1.20. The molecule has 1 heterocycles. The summed E-state index contributed by atoms with van der Waals surface area (Å²) in [6.45, 7) is 5.42. The number of carboxylic acids is 1. The van der Waals surface area contributed by atoms with Crippen LogP contribution in [0.15, 0.2) is 24.3 Å². The highest BCUT2D eigenvalue weighted by atomic mass is 16.4. The third kappa shape index (κ3) is 3.23. The van der Waals surface area contributed by atoms with Gasteiger partial charge < -0.3 is 10.4 Å². The Kier molecular flexibility index (Phi) is 4.20. The summed E-state index contributed by atoms with van der Waals surface area (Å²) in [6, 6.07) is 7.45. The number of carbonyl (C=O) groups is 1. The monoisotopic (exact) mass is 248 g/mol. The maximum absolute atomic E-state index is 10.9. The van der Waals surface area contributed by atoms with E-state index in [4.69, 9.17) is 5.11 Å². The predicted molar refractivity (Wildman–Crippen MR) is 72.2 cm³/mol. The number of anilines is 1. The van der Waals surface area contributed by atoms with Crippen LogP contribution in [0.25, 0.3) is 0 Å². The SMILES string of the molecule is CC(CNc1cccc(C(=O)O)c1)N1CCCC1. The fourth-order valence-corrected chi connectivity index (χ4v) is 2.34. The van der Waals surface area contributed by atoms with Crippen LogP contribution in [0.4, 0.5) is 5.69 Å². The van der Waals surface area contributed by atoms with Crippen molar-refractivity contribution in [3.8, 4) is 0 Å². The quantitative estimate of drug-likeness (QED) is 0.839. The highest BCUT2D eigenvalue weighted by Crippen LogP contribution is 2.14. The van der Waals surface area contributed by atoms with Gasteiger partial charge in [0.1, 0.15) is 0 Å². The van der Waals surface area contributed by atoms with E-state index < -0.39 is 5.97 Å². The Morgan fingerprint density at radius 1 is 1.44 bits per heavy atom. The lowest BCUT2D eigenvalue weighted by atomic mass is 10.2. The van der Waals surface area contributed by atoms with E-state index in [9.17, 15) is 4.79 Å². The Bertz CT molecular complexity index is 414. The maximum atomic E-state index is 10.9. The minimum atomic E-state index is -0.883. The summed E-state index contributed by atoms with van der Waals surface area (Å²) in [4.78, 5) is 13.3. The Hall–Kier alpha value is -1.55. The van der Waals surface area contributed by atoms with E-state index in [0.29, 0.717) is 11.6 Å². The number of aromatic carboxylic acids is 1. The van der Waals surface area contributed by atoms with Crippen LogP contribution in [-0.4, -0.2) is 41.7 Å². The van der Waals surface area contributed by atoms with Crippen LogP contribution in [-0.2, 0) is 0 Å². The van der Waals surface area contributed by atoms with Crippen molar-refractivity contribution in [2.24, 2.45) is 0 Å². The first kappa shape index (κ1) is 12.9. The van der Waals surface area contributed by atoms with E-state index >= 15 is 0 Å². The minimum Gasteiger partial charge on any atom is -0.478 e. The molecule has 2 N–H and O–H groups in total. The van der Waals surface area contributed by atoms with Crippen LogP contribution in [0.1, 0.15) is 30.1 Å². The molecule has 0 spiro atoms. The van der Waals surface area contributed by atoms with Crippen LogP contribution < -0.4 is 5.32 Å². The highest BCUT2D eigenvalue weighted by Gasteiger charge is 2.17. The molecule has 1 aliphatic rings. The second-order valence-electron chi connectivity index (χ2n) is 4.86. The Morgan fingerprint density at radius 3 is 2.83 bits per heavy atom. The molecule has 1 saturated heterocycles. The first-order valence-electron chi connectivity index (χ1n) is 6.48. The first-order chi connectivity index (χ1) is 8.66. The average molecular weight is 248 g/mol. The van der Waals surface area contributed by atoms with Crippen molar-refractivity contribution in [1.29, 1.82) is 0 Å². The summed E-state index contributed by atoms with van der Waals surface area (Å²) in [5.74, 6) is -0.883. The van der Waals surface area contributed by atoms with Crippen LogP contribution in [0.5, 0.6) is 0 Å². The number of hydrogen-bond acceptors (Lipinski definition) is 3. The fraction of sp³-hybridized carbons (Fsp3) is 0.500. The summed E-state index contributed by atoms with van der Waals surface area (Å²) >= 11 is 0. The van der Waals surface area contributed by atoms with E-state index in [-0.39, 0.29) is 0 Å². The molecule has 0 radical (unpaired) electrons. The summed E-state index contributed by atoms with van der Waals surface area (Å²) < 4.78 is 0. The van der Waals surface area contributed by atoms with Crippen molar-refractivity contribution in [2.75, 3.05) is 25.0 Å². The van der Waals surface area contributed by atoms with E-state index in [1.54, 1.807) is 18.2 Å². The zero-order chi connectivity index (χ0) is 13.0. The van der Waals surface area contributed by atoms with Gasteiger partial charge in [-0.05, 0) is 51.1 Å². The molecule has 0 amide bonds. The van der Waals surface area contributed by atoms with Gasteiger partial charge in [-0.2, -0.15) is 0 Å². The number of nitrogens with zero attached hydrogens (tertiary/aromatic N) is 1. The topological polar surface area (TPSA) is 52.6 Å². The molecule has 0 saturated carbocycles. The predicted octanol–water partition coefficient (Wildman–Crippen LogP) is 2.28. The van der Waals surface area contributed by atoms with E-state index in [1.807, 2.05) is 6.07 Å². The second kappa shape index (κ2) is 5.87. The lowest BCUT2D eigenvalue weighted by Gasteiger charge is -2.24. The van der Waals surface area contributed by atoms with Crippen molar-refractivity contribution in [1.82, 2.24) is 4.90 Å². The van der Waals surface area contributed by atoms with Gasteiger partial charge in [-0.1, -0.05) is 6.07 Å². The fourth-order valence-electron chi connectivity index (χ4n) is 2.34. The number of hydrogen-bond donors (Lipinski definition) is 2. The Labute approximate surface area is 108 Å². The third-order valence-electron chi connectivity index (χ3n) is 3.48. The zero-order valence-corrected chi connectivity index (χ0v) is 10.7. The smallest absolute Gasteiger partial charge is 0.335 e. The lowest BCUT2D eigenvalue weighted by Crippen LogP contribution is -2.35. The summed E-state index contributed by atoms with van der Waals surface area (Å²) in [5, 5.41) is 12.2. The molecule has 1 aromatic carbocycles. The minimum absolute atomic E-state index is 0.328. The zero-order valence-electron chi connectivity index (χ0n) is 10.7. The molecular weight excluding hydrogens is 228 g/mol.